The van der Waals surface area contributed by atoms with Crippen LogP contribution in [0.15, 0.2) is 22.7 Å². The molecule has 2 N–H and O–H groups in total. The number of hydrogen-bond acceptors (Lipinski definition) is 2. The fraction of sp³-hybridized carbons (Fsp3) is 0.533. The number of carbonyl (C=O) groups is 1. The molecule has 2 rings (SSSR count). The molecule has 0 spiro atoms. The molecule has 1 aliphatic carbocycles. The Kier molecular flexibility index (Phi) is 4.50. The number of rotatable bonds is 2. The molecule has 3 nitrogen and oxygen atoms in total. The first-order valence-corrected chi connectivity index (χ1v) is 7.62. The molecule has 19 heavy (non-hydrogen) atoms. The third-order valence-electron chi connectivity index (χ3n) is 4.13. The Balaban J connectivity index is 2.20. The Bertz CT molecular complexity index is 475. The van der Waals surface area contributed by atoms with E-state index >= 15 is 0 Å². The summed E-state index contributed by atoms with van der Waals surface area (Å²) in [7, 11) is 1.90. The standard InChI is InChI=1S/C15H21BrN2O/c1-10-5-3-4-6-14(10)18(2)15(19)12-9-11(16)7-8-13(12)17/h7-10,14H,3-6,17H2,1-2H3. The highest BCUT2D eigenvalue weighted by Crippen LogP contribution is 2.29. The van der Waals surface area contributed by atoms with Crippen LogP contribution < -0.4 is 5.73 Å². The minimum atomic E-state index is 0.0255. The van der Waals surface area contributed by atoms with Crippen LogP contribution in [0.25, 0.3) is 0 Å². The van der Waals surface area contributed by atoms with Crippen LogP contribution in [0, 0.1) is 5.92 Å². The zero-order chi connectivity index (χ0) is 14.0. The van der Waals surface area contributed by atoms with Crippen LogP contribution in [0.4, 0.5) is 5.69 Å². The van der Waals surface area contributed by atoms with E-state index in [9.17, 15) is 4.79 Å². The fourth-order valence-corrected chi connectivity index (χ4v) is 3.29. The molecule has 2 atom stereocenters. The van der Waals surface area contributed by atoms with E-state index < -0.39 is 0 Å². The molecule has 0 aromatic heterocycles. The van der Waals surface area contributed by atoms with Crippen LogP contribution in [-0.2, 0) is 0 Å². The first-order valence-electron chi connectivity index (χ1n) is 6.83. The molecule has 2 unspecified atom stereocenters. The lowest BCUT2D eigenvalue weighted by Gasteiger charge is -2.36. The van der Waals surface area contributed by atoms with Crippen LogP contribution in [0.3, 0.4) is 0 Å². The van der Waals surface area contributed by atoms with E-state index in [-0.39, 0.29) is 5.91 Å². The van der Waals surface area contributed by atoms with Gasteiger partial charge in [-0.3, -0.25) is 4.79 Å². The molecule has 0 aliphatic heterocycles. The summed E-state index contributed by atoms with van der Waals surface area (Å²) < 4.78 is 0.884. The average Bonchev–Trinajstić information content (AvgIpc) is 2.40. The lowest BCUT2D eigenvalue weighted by atomic mass is 9.85. The highest BCUT2D eigenvalue weighted by molar-refractivity contribution is 9.10. The van der Waals surface area contributed by atoms with Crippen molar-refractivity contribution in [2.75, 3.05) is 12.8 Å². The van der Waals surface area contributed by atoms with Crippen molar-refractivity contribution in [2.24, 2.45) is 5.92 Å². The van der Waals surface area contributed by atoms with Crippen LogP contribution in [-0.4, -0.2) is 23.9 Å². The van der Waals surface area contributed by atoms with Crippen molar-refractivity contribution in [3.8, 4) is 0 Å². The molecule has 104 valence electrons. The molecular formula is C15H21BrN2O. The van der Waals surface area contributed by atoms with Crippen molar-refractivity contribution in [1.29, 1.82) is 0 Å². The van der Waals surface area contributed by atoms with Crippen molar-refractivity contribution in [3.63, 3.8) is 0 Å². The first-order chi connectivity index (χ1) is 9.00. The predicted octanol–water partition coefficient (Wildman–Crippen LogP) is 3.68. The SMILES string of the molecule is CC1CCCCC1N(C)C(=O)c1cc(Br)ccc1N. The molecule has 4 heteroatoms. The van der Waals surface area contributed by atoms with E-state index in [0.717, 1.165) is 10.9 Å². The van der Waals surface area contributed by atoms with Crippen LogP contribution in [0.2, 0.25) is 0 Å². The molecule has 1 aromatic rings. The van der Waals surface area contributed by atoms with Gasteiger partial charge < -0.3 is 10.6 Å². The summed E-state index contributed by atoms with van der Waals surface area (Å²) in [5.41, 5.74) is 7.06. The predicted molar refractivity (Wildman–Crippen MR) is 82.1 cm³/mol. The molecule has 1 aliphatic rings. The molecule has 0 saturated heterocycles. The smallest absolute Gasteiger partial charge is 0.255 e. The van der Waals surface area contributed by atoms with Gasteiger partial charge in [-0.25, -0.2) is 0 Å². The molecule has 0 bridgehead atoms. The Morgan fingerprint density at radius 2 is 2.05 bits per heavy atom. The van der Waals surface area contributed by atoms with E-state index in [1.54, 1.807) is 6.07 Å². The maximum atomic E-state index is 12.6. The fourth-order valence-electron chi connectivity index (χ4n) is 2.93. The minimum Gasteiger partial charge on any atom is -0.398 e. The van der Waals surface area contributed by atoms with Gasteiger partial charge in [0.15, 0.2) is 0 Å². The summed E-state index contributed by atoms with van der Waals surface area (Å²) in [5.74, 6) is 0.591. The Hall–Kier alpha value is -1.03. The molecule has 1 aromatic carbocycles. The quantitative estimate of drug-likeness (QED) is 0.843. The summed E-state index contributed by atoms with van der Waals surface area (Å²) in [5, 5.41) is 0. The summed E-state index contributed by atoms with van der Waals surface area (Å²) in [6.45, 7) is 2.23. The number of nitrogen functional groups attached to an aromatic ring is 1. The number of nitrogens with zero attached hydrogens (tertiary/aromatic N) is 1. The summed E-state index contributed by atoms with van der Waals surface area (Å²) >= 11 is 3.40. The summed E-state index contributed by atoms with van der Waals surface area (Å²) in [6, 6.07) is 5.77. The second kappa shape index (κ2) is 5.95. The number of hydrogen-bond donors (Lipinski definition) is 1. The maximum absolute atomic E-state index is 12.6. The number of halogens is 1. The van der Waals surface area contributed by atoms with Gasteiger partial charge in [0.25, 0.3) is 5.91 Å². The molecule has 0 heterocycles. The number of anilines is 1. The highest BCUT2D eigenvalue weighted by atomic mass is 79.9. The zero-order valence-electron chi connectivity index (χ0n) is 11.5. The van der Waals surface area contributed by atoms with E-state index in [4.69, 9.17) is 5.73 Å². The van der Waals surface area contributed by atoms with Gasteiger partial charge >= 0.3 is 0 Å². The van der Waals surface area contributed by atoms with Crippen LogP contribution in [0.5, 0.6) is 0 Å². The molecule has 1 saturated carbocycles. The number of carbonyl (C=O) groups excluding carboxylic acids is 1. The second-order valence-electron chi connectivity index (χ2n) is 5.48. The normalized spacial score (nSPS) is 23.1. The summed E-state index contributed by atoms with van der Waals surface area (Å²) in [4.78, 5) is 14.5. The molecular weight excluding hydrogens is 304 g/mol. The Labute approximate surface area is 123 Å². The van der Waals surface area contributed by atoms with Gasteiger partial charge in [0.2, 0.25) is 0 Å². The largest absolute Gasteiger partial charge is 0.398 e. The highest BCUT2D eigenvalue weighted by Gasteiger charge is 2.29. The lowest BCUT2D eigenvalue weighted by Crippen LogP contribution is -2.42. The van der Waals surface area contributed by atoms with Gasteiger partial charge in [0.05, 0.1) is 5.56 Å². The van der Waals surface area contributed by atoms with E-state index in [2.05, 4.69) is 22.9 Å². The topological polar surface area (TPSA) is 46.3 Å². The third kappa shape index (κ3) is 3.11. The van der Waals surface area contributed by atoms with Crippen molar-refractivity contribution in [2.45, 2.75) is 38.6 Å². The van der Waals surface area contributed by atoms with Gasteiger partial charge in [0, 0.05) is 23.2 Å². The van der Waals surface area contributed by atoms with E-state index in [1.807, 2.05) is 24.1 Å². The maximum Gasteiger partial charge on any atom is 0.255 e. The zero-order valence-corrected chi connectivity index (χ0v) is 13.1. The van der Waals surface area contributed by atoms with Crippen molar-refractivity contribution in [3.05, 3.63) is 28.2 Å². The van der Waals surface area contributed by atoms with Crippen LogP contribution >= 0.6 is 15.9 Å². The van der Waals surface area contributed by atoms with Gasteiger partial charge in [-0.1, -0.05) is 35.7 Å². The second-order valence-corrected chi connectivity index (χ2v) is 6.39. The van der Waals surface area contributed by atoms with Gasteiger partial charge in [-0.2, -0.15) is 0 Å². The number of benzene rings is 1. The van der Waals surface area contributed by atoms with E-state index in [0.29, 0.717) is 23.2 Å². The van der Waals surface area contributed by atoms with Crippen molar-refractivity contribution >= 4 is 27.5 Å². The Morgan fingerprint density at radius 3 is 2.74 bits per heavy atom. The van der Waals surface area contributed by atoms with Gasteiger partial charge in [-0.05, 0) is 37.0 Å². The molecule has 1 amide bonds. The molecule has 1 fully saturated rings. The number of amides is 1. The van der Waals surface area contributed by atoms with Gasteiger partial charge in [0.1, 0.15) is 0 Å². The van der Waals surface area contributed by atoms with Crippen molar-refractivity contribution < 1.29 is 4.79 Å². The number of nitrogens with two attached hydrogens (primary N) is 1. The van der Waals surface area contributed by atoms with E-state index in [1.165, 1.54) is 19.3 Å². The average molecular weight is 325 g/mol. The van der Waals surface area contributed by atoms with Gasteiger partial charge in [-0.15, -0.1) is 0 Å². The van der Waals surface area contributed by atoms with Crippen LogP contribution in [0.1, 0.15) is 43.0 Å². The first kappa shape index (κ1) is 14.4. The lowest BCUT2D eigenvalue weighted by molar-refractivity contribution is 0.0630. The third-order valence-corrected chi connectivity index (χ3v) is 4.62. The summed E-state index contributed by atoms with van der Waals surface area (Å²) in [6.07, 6.45) is 4.78. The molecule has 0 radical (unpaired) electrons. The monoisotopic (exact) mass is 324 g/mol. The van der Waals surface area contributed by atoms with Crippen molar-refractivity contribution in [1.82, 2.24) is 4.90 Å². The minimum absolute atomic E-state index is 0.0255. The Morgan fingerprint density at radius 1 is 1.37 bits per heavy atom.